The molecule has 0 spiro atoms. The van der Waals surface area contributed by atoms with Gasteiger partial charge in [0, 0.05) is 0 Å². The van der Waals surface area contributed by atoms with Crippen LogP contribution in [0.5, 0.6) is 0 Å². The van der Waals surface area contributed by atoms with Gasteiger partial charge in [-0.3, -0.25) is 0 Å². The summed E-state index contributed by atoms with van der Waals surface area (Å²) in [6.07, 6.45) is 3.95. The summed E-state index contributed by atoms with van der Waals surface area (Å²) in [6, 6.07) is 17.4. The van der Waals surface area contributed by atoms with E-state index in [0.29, 0.717) is 5.92 Å². The molecule has 0 unspecified atom stereocenters. The molecule has 0 saturated carbocycles. The van der Waals surface area contributed by atoms with Gasteiger partial charge in [-0.1, -0.05) is 68.5 Å². The average molecular weight is 250 g/mol. The molecule has 0 aliphatic heterocycles. The third-order valence-corrected chi connectivity index (χ3v) is 3.52. The van der Waals surface area contributed by atoms with Crippen LogP contribution in [-0.4, -0.2) is 0 Å². The molecule has 2 aromatic rings. The smallest absolute Gasteiger partial charge is 0.00201 e. The van der Waals surface area contributed by atoms with Gasteiger partial charge < -0.3 is 0 Å². The van der Waals surface area contributed by atoms with Crippen molar-refractivity contribution in [2.75, 3.05) is 0 Å². The molecule has 0 aliphatic rings. The Hall–Kier alpha value is -1.82. The zero-order valence-electron chi connectivity index (χ0n) is 11.9. The normalized spacial score (nSPS) is 10.7. The molecule has 19 heavy (non-hydrogen) atoms. The van der Waals surface area contributed by atoms with Gasteiger partial charge in [0.15, 0.2) is 0 Å². The van der Waals surface area contributed by atoms with Crippen molar-refractivity contribution in [2.45, 2.75) is 32.6 Å². The first-order valence-electron chi connectivity index (χ1n) is 6.98. The second kappa shape index (κ2) is 6.38. The molecule has 2 rings (SSSR count). The highest BCUT2D eigenvalue weighted by Gasteiger charge is 2.10. The minimum atomic E-state index is 0.559. The topological polar surface area (TPSA) is 0 Å². The van der Waals surface area contributed by atoms with Crippen molar-refractivity contribution in [2.24, 2.45) is 0 Å². The monoisotopic (exact) mass is 250 g/mol. The van der Waals surface area contributed by atoms with Crippen molar-refractivity contribution in [3.63, 3.8) is 0 Å². The van der Waals surface area contributed by atoms with Crippen LogP contribution in [0.4, 0.5) is 0 Å². The van der Waals surface area contributed by atoms with E-state index >= 15 is 0 Å². The largest absolute Gasteiger partial charge is 0.103 e. The fourth-order valence-corrected chi connectivity index (χ4v) is 2.56. The highest BCUT2D eigenvalue weighted by molar-refractivity contribution is 5.41. The summed E-state index contributed by atoms with van der Waals surface area (Å²) in [5.74, 6) is 0.559. The minimum Gasteiger partial charge on any atom is -0.103 e. The Morgan fingerprint density at radius 1 is 1.00 bits per heavy atom. The summed E-state index contributed by atoms with van der Waals surface area (Å²) in [5, 5.41) is 0. The zero-order chi connectivity index (χ0) is 13.7. The summed E-state index contributed by atoms with van der Waals surface area (Å²) in [7, 11) is 0. The van der Waals surface area contributed by atoms with Crippen LogP contribution in [0, 0.1) is 0 Å². The van der Waals surface area contributed by atoms with Crippen LogP contribution in [0.2, 0.25) is 0 Å². The van der Waals surface area contributed by atoms with E-state index in [4.69, 9.17) is 0 Å². The lowest BCUT2D eigenvalue weighted by Crippen LogP contribution is -2.02. The van der Waals surface area contributed by atoms with E-state index in [1.165, 1.54) is 22.3 Å². The van der Waals surface area contributed by atoms with Crippen LogP contribution in [0.1, 0.15) is 42.0 Å². The Kier molecular flexibility index (Phi) is 4.57. The molecule has 0 fully saturated rings. The van der Waals surface area contributed by atoms with E-state index in [0.717, 1.165) is 12.8 Å². The fraction of sp³-hybridized carbons (Fsp3) is 0.263. The van der Waals surface area contributed by atoms with Crippen molar-refractivity contribution in [3.05, 3.63) is 83.4 Å². The van der Waals surface area contributed by atoms with Crippen molar-refractivity contribution < 1.29 is 0 Å². The number of allylic oxidation sites excluding steroid dienone is 1. The first kappa shape index (κ1) is 13.6. The van der Waals surface area contributed by atoms with Crippen LogP contribution in [0.15, 0.2) is 61.2 Å². The molecule has 0 radical (unpaired) electrons. The van der Waals surface area contributed by atoms with Crippen LogP contribution in [0.25, 0.3) is 0 Å². The minimum absolute atomic E-state index is 0.559. The van der Waals surface area contributed by atoms with E-state index in [-0.39, 0.29) is 0 Å². The quantitative estimate of drug-likeness (QED) is 0.645. The molecule has 0 heteroatoms. The number of rotatable bonds is 5. The predicted octanol–water partition coefficient (Wildman–Crippen LogP) is 5.13. The van der Waals surface area contributed by atoms with Gasteiger partial charge in [-0.15, -0.1) is 6.58 Å². The molecule has 0 saturated heterocycles. The fourth-order valence-electron chi connectivity index (χ4n) is 2.56. The molecule has 0 nitrogen and oxygen atoms in total. The van der Waals surface area contributed by atoms with Gasteiger partial charge in [0.25, 0.3) is 0 Å². The lowest BCUT2D eigenvalue weighted by Gasteiger charge is -2.17. The zero-order valence-corrected chi connectivity index (χ0v) is 11.9. The van der Waals surface area contributed by atoms with E-state index in [1.807, 2.05) is 6.08 Å². The lowest BCUT2D eigenvalue weighted by atomic mass is 9.88. The molecule has 0 aromatic heterocycles. The van der Waals surface area contributed by atoms with E-state index in [9.17, 15) is 0 Å². The third kappa shape index (κ3) is 3.35. The van der Waals surface area contributed by atoms with Crippen LogP contribution < -0.4 is 0 Å². The molecule has 0 amide bonds. The van der Waals surface area contributed by atoms with Crippen molar-refractivity contribution >= 4 is 0 Å². The van der Waals surface area contributed by atoms with E-state index in [1.54, 1.807) is 0 Å². The molecule has 0 aliphatic carbocycles. The van der Waals surface area contributed by atoms with Gasteiger partial charge in [0.2, 0.25) is 0 Å². The SMILES string of the molecule is C=CCc1cccc(C(C)C)c1Cc1ccccc1. The molecule has 0 N–H and O–H groups in total. The Labute approximate surface area is 116 Å². The maximum absolute atomic E-state index is 3.88. The standard InChI is InChI=1S/C19H22/c1-4-9-17-12-8-13-18(15(2)3)19(17)14-16-10-6-5-7-11-16/h4-8,10-13,15H,1,9,14H2,2-3H3. The van der Waals surface area contributed by atoms with Crippen LogP contribution in [-0.2, 0) is 12.8 Å². The van der Waals surface area contributed by atoms with Gasteiger partial charge >= 0.3 is 0 Å². The second-order valence-corrected chi connectivity index (χ2v) is 5.29. The van der Waals surface area contributed by atoms with Gasteiger partial charge in [-0.2, -0.15) is 0 Å². The highest BCUT2D eigenvalue weighted by atomic mass is 14.2. The third-order valence-electron chi connectivity index (χ3n) is 3.52. The molecular weight excluding hydrogens is 228 g/mol. The number of benzene rings is 2. The van der Waals surface area contributed by atoms with E-state index < -0.39 is 0 Å². The molecule has 2 aromatic carbocycles. The second-order valence-electron chi connectivity index (χ2n) is 5.29. The summed E-state index contributed by atoms with van der Waals surface area (Å²) in [4.78, 5) is 0. The Morgan fingerprint density at radius 2 is 1.74 bits per heavy atom. The van der Waals surface area contributed by atoms with Gasteiger partial charge in [0.05, 0.1) is 0 Å². The van der Waals surface area contributed by atoms with Crippen molar-refractivity contribution in [1.29, 1.82) is 0 Å². The summed E-state index contributed by atoms with van der Waals surface area (Å²) < 4.78 is 0. The first-order chi connectivity index (χ1) is 9.22. The predicted molar refractivity (Wildman–Crippen MR) is 83.7 cm³/mol. The van der Waals surface area contributed by atoms with Crippen LogP contribution >= 0.6 is 0 Å². The average Bonchev–Trinajstić information content (AvgIpc) is 2.42. The lowest BCUT2D eigenvalue weighted by molar-refractivity contribution is 0.842. The van der Waals surface area contributed by atoms with Crippen molar-refractivity contribution in [1.82, 2.24) is 0 Å². The summed E-state index contributed by atoms with van der Waals surface area (Å²) in [6.45, 7) is 8.41. The molecule has 98 valence electrons. The van der Waals surface area contributed by atoms with Crippen LogP contribution in [0.3, 0.4) is 0 Å². The Balaban J connectivity index is 2.43. The van der Waals surface area contributed by atoms with Gasteiger partial charge in [0.1, 0.15) is 0 Å². The number of hydrogen-bond donors (Lipinski definition) is 0. The highest BCUT2D eigenvalue weighted by Crippen LogP contribution is 2.26. The molecule has 0 heterocycles. The first-order valence-corrected chi connectivity index (χ1v) is 6.98. The summed E-state index contributed by atoms with van der Waals surface area (Å²) in [5.41, 5.74) is 5.72. The maximum atomic E-state index is 3.88. The van der Waals surface area contributed by atoms with Gasteiger partial charge in [-0.25, -0.2) is 0 Å². The molecule has 0 atom stereocenters. The number of hydrogen-bond acceptors (Lipinski definition) is 0. The Morgan fingerprint density at radius 3 is 2.37 bits per heavy atom. The van der Waals surface area contributed by atoms with Gasteiger partial charge in [-0.05, 0) is 41.0 Å². The Bertz CT molecular complexity index is 535. The molecule has 0 bridgehead atoms. The van der Waals surface area contributed by atoms with E-state index in [2.05, 4.69) is 69.0 Å². The molecular formula is C19H22. The summed E-state index contributed by atoms with van der Waals surface area (Å²) >= 11 is 0. The van der Waals surface area contributed by atoms with Crippen molar-refractivity contribution in [3.8, 4) is 0 Å². The maximum Gasteiger partial charge on any atom is -0.00201 e.